The van der Waals surface area contributed by atoms with Crippen LogP contribution in [0.5, 0.6) is 5.75 Å². The number of thioether (sulfide) groups is 1. The lowest BCUT2D eigenvalue weighted by atomic mass is 9.76. The van der Waals surface area contributed by atoms with Crippen LogP contribution in [-0.2, 0) is 35.7 Å². The zero-order chi connectivity index (χ0) is 42.8. The molecule has 1 atom stereocenters. The topological polar surface area (TPSA) is 142 Å². The predicted molar refractivity (Wildman–Crippen MR) is 232 cm³/mol. The molecule has 1 aromatic heterocycles. The van der Waals surface area contributed by atoms with Crippen molar-refractivity contribution in [2.75, 3.05) is 23.8 Å². The van der Waals surface area contributed by atoms with Crippen molar-refractivity contribution in [2.24, 2.45) is 5.41 Å². The molecule has 0 aliphatic heterocycles. The number of esters is 1. The third-order valence-corrected chi connectivity index (χ3v) is 11.6. The molecule has 4 rings (SSSR count). The number of ether oxygens (including phenoxy) is 2. The monoisotopic (exact) mass is 831 g/mol. The lowest BCUT2D eigenvalue weighted by Gasteiger charge is -2.30. The first kappa shape index (κ1) is 46.0. The zero-order valence-corrected chi connectivity index (χ0v) is 37.0. The minimum absolute atomic E-state index is 0.0525. The molecule has 3 aromatic carbocycles. The summed E-state index contributed by atoms with van der Waals surface area (Å²) in [5.74, 6) is -0.318. The minimum Gasteiger partial charge on any atom is -0.493 e. The molecule has 312 valence electrons. The van der Waals surface area contributed by atoms with Gasteiger partial charge in [-0.3, -0.25) is 14.4 Å². The fraction of sp³-hybridized carbons (Fsp3) is 0.467. The first-order chi connectivity index (χ1) is 27.3. The molecule has 0 fully saturated rings. The number of amides is 2. The Labute approximate surface area is 352 Å². The molecule has 2 N–H and O–H groups in total. The maximum Gasteiger partial charge on any atom is 0.338 e. The number of rotatable bonds is 19. The molecule has 13 heteroatoms. The number of benzene rings is 3. The first-order valence-electron chi connectivity index (χ1n) is 19.8. The molecule has 0 spiro atoms. The summed E-state index contributed by atoms with van der Waals surface area (Å²) in [6.07, 6.45) is 4.05. The molecule has 4 aromatic rings. The number of hydrogen-bond acceptors (Lipinski definition) is 9. The van der Waals surface area contributed by atoms with Crippen molar-refractivity contribution >= 4 is 58.3 Å². The SMILES string of the molecule is CCOC(=O)c1ccc(CSc2ncn(C(C(=O)Nc3cc(NC(=O)CCCOc4ccc(C(C)(C)CC)cc4C(C)(C)CC)ccc3Cl)C(=O)C(C)(C)C)n2)cc1. The molecule has 11 nitrogen and oxygen atoms in total. The second-order valence-electron chi connectivity index (χ2n) is 16.6. The number of carbonyl (C=O) groups is 4. The van der Waals surface area contributed by atoms with E-state index in [1.807, 2.05) is 12.1 Å². The number of nitrogens with one attached hydrogen (secondary N) is 2. The van der Waals surface area contributed by atoms with Gasteiger partial charge in [-0.05, 0) is 84.5 Å². The number of ketones is 1. The maximum absolute atomic E-state index is 13.9. The molecule has 0 aliphatic rings. The Hall–Kier alpha value is -4.68. The highest BCUT2D eigenvalue weighted by Crippen LogP contribution is 2.39. The number of nitrogens with zero attached hydrogens (tertiary/aromatic N) is 3. The average molecular weight is 833 g/mol. The highest BCUT2D eigenvalue weighted by molar-refractivity contribution is 7.98. The molecule has 0 radical (unpaired) electrons. The van der Waals surface area contributed by atoms with Gasteiger partial charge in [0.2, 0.25) is 11.1 Å². The zero-order valence-electron chi connectivity index (χ0n) is 35.5. The van der Waals surface area contributed by atoms with E-state index >= 15 is 0 Å². The van der Waals surface area contributed by atoms with Crippen LogP contribution >= 0.6 is 23.4 Å². The highest BCUT2D eigenvalue weighted by Gasteiger charge is 2.37. The fourth-order valence-corrected chi connectivity index (χ4v) is 6.78. The van der Waals surface area contributed by atoms with Gasteiger partial charge in [-0.15, -0.1) is 5.10 Å². The molecule has 0 aliphatic carbocycles. The summed E-state index contributed by atoms with van der Waals surface area (Å²) in [4.78, 5) is 56.9. The van der Waals surface area contributed by atoms with Gasteiger partial charge in [-0.1, -0.05) is 110 Å². The Morgan fingerprint density at radius 3 is 2.19 bits per heavy atom. The van der Waals surface area contributed by atoms with E-state index in [-0.39, 0.29) is 45.6 Å². The Balaban J connectivity index is 1.39. The summed E-state index contributed by atoms with van der Waals surface area (Å²) in [6, 6.07) is 16.9. The van der Waals surface area contributed by atoms with Gasteiger partial charge in [0.05, 0.1) is 29.5 Å². The Kier molecular flexibility index (Phi) is 15.7. The van der Waals surface area contributed by atoms with E-state index < -0.39 is 17.4 Å². The number of hydrogen-bond donors (Lipinski definition) is 2. The van der Waals surface area contributed by atoms with E-state index in [9.17, 15) is 19.2 Å². The van der Waals surface area contributed by atoms with Gasteiger partial charge in [0.1, 0.15) is 12.1 Å². The van der Waals surface area contributed by atoms with Gasteiger partial charge in [0.25, 0.3) is 5.91 Å². The molecular formula is C45H58ClN5O6S. The number of halogens is 1. The maximum atomic E-state index is 13.9. The molecule has 2 amide bonds. The van der Waals surface area contributed by atoms with Crippen molar-refractivity contribution in [1.29, 1.82) is 0 Å². The highest BCUT2D eigenvalue weighted by atomic mass is 35.5. The second-order valence-corrected chi connectivity index (χ2v) is 17.9. The summed E-state index contributed by atoms with van der Waals surface area (Å²) in [5.41, 5.74) is 3.57. The minimum atomic E-state index is -1.35. The number of anilines is 2. The quantitative estimate of drug-likeness (QED) is 0.0409. The molecule has 1 heterocycles. The van der Waals surface area contributed by atoms with Gasteiger partial charge < -0.3 is 20.1 Å². The van der Waals surface area contributed by atoms with Crippen LogP contribution in [0.25, 0.3) is 0 Å². The third kappa shape index (κ3) is 12.2. The summed E-state index contributed by atoms with van der Waals surface area (Å²) >= 11 is 7.83. The number of Topliss-reactive ketones (excluding diaryl/α,β-unsaturated/α-hetero) is 1. The fourth-order valence-electron chi connectivity index (χ4n) is 5.86. The molecule has 0 saturated heterocycles. The largest absolute Gasteiger partial charge is 0.493 e. The average Bonchev–Trinajstić information content (AvgIpc) is 3.65. The summed E-state index contributed by atoms with van der Waals surface area (Å²) in [7, 11) is 0. The Morgan fingerprint density at radius 1 is 0.862 bits per heavy atom. The Morgan fingerprint density at radius 2 is 1.55 bits per heavy atom. The van der Waals surface area contributed by atoms with Crippen LogP contribution in [0, 0.1) is 5.41 Å². The van der Waals surface area contributed by atoms with Crippen molar-refractivity contribution in [3.8, 4) is 5.75 Å². The van der Waals surface area contributed by atoms with Crippen molar-refractivity contribution in [3.05, 3.63) is 94.3 Å². The predicted octanol–water partition coefficient (Wildman–Crippen LogP) is 10.4. The number of carbonyl (C=O) groups excluding carboxylic acids is 4. The lowest BCUT2D eigenvalue weighted by molar-refractivity contribution is -0.136. The number of aromatic nitrogens is 3. The third-order valence-electron chi connectivity index (χ3n) is 10.4. The molecule has 0 saturated carbocycles. The van der Waals surface area contributed by atoms with Crippen LogP contribution in [0.15, 0.2) is 72.1 Å². The van der Waals surface area contributed by atoms with Crippen LogP contribution in [0.1, 0.15) is 128 Å². The smallest absolute Gasteiger partial charge is 0.338 e. The summed E-state index contributed by atoms with van der Waals surface area (Å²) in [6.45, 7) is 20.9. The second kappa shape index (κ2) is 19.8. The van der Waals surface area contributed by atoms with E-state index in [4.69, 9.17) is 21.1 Å². The van der Waals surface area contributed by atoms with Gasteiger partial charge in [-0.25, -0.2) is 14.5 Å². The van der Waals surface area contributed by atoms with E-state index in [0.717, 1.165) is 24.2 Å². The van der Waals surface area contributed by atoms with Crippen molar-refractivity contribution in [3.63, 3.8) is 0 Å². The van der Waals surface area contributed by atoms with Gasteiger partial charge in [0, 0.05) is 28.8 Å². The molecule has 58 heavy (non-hydrogen) atoms. The normalized spacial score (nSPS) is 12.5. The first-order valence-corrected chi connectivity index (χ1v) is 21.2. The van der Waals surface area contributed by atoms with Crippen LogP contribution in [0.2, 0.25) is 5.02 Å². The van der Waals surface area contributed by atoms with Gasteiger partial charge in [-0.2, -0.15) is 0 Å². The van der Waals surface area contributed by atoms with E-state index in [2.05, 4.69) is 80.5 Å². The lowest BCUT2D eigenvalue weighted by Crippen LogP contribution is -2.39. The summed E-state index contributed by atoms with van der Waals surface area (Å²) in [5, 5.41) is 10.7. The van der Waals surface area contributed by atoms with E-state index in [1.165, 1.54) is 33.9 Å². The van der Waals surface area contributed by atoms with Crippen molar-refractivity contribution in [2.45, 2.75) is 123 Å². The van der Waals surface area contributed by atoms with Crippen LogP contribution in [0.4, 0.5) is 11.4 Å². The van der Waals surface area contributed by atoms with Gasteiger partial charge in [0.15, 0.2) is 11.8 Å². The van der Waals surface area contributed by atoms with Crippen LogP contribution in [-0.4, -0.2) is 51.5 Å². The van der Waals surface area contributed by atoms with E-state index in [1.54, 1.807) is 58.0 Å². The molecular weight excluding hydrogens is 774 g/mol. The molecule has 0 bridgehead atoms. The van der Waals surface area contributed by atoms with Crippen LogP contribution in [0.3, 0.4) is 0 Å². The summed E-state index contributed by atoms with van der Waals surface area (Å²) < 4.78 is 12.6. The Bertz CT molecular complexity index is 2070. The molecule has 1 unspecified atom stereocenters. The van der Waals surface area contributed by atoms with E-state index in [0.29, 0.717) is 41.8 Å². The van der Waals surface area contributed by atoms with Gasteiger partial charge >= 0.3 is 5.97 Å². The standard InChI is InChI=1S/C45H58ClN5O6S/c1-11-44(7,8)31-20-23-36(33(25-31)45(9,10)12-2)57-24-14-15-37(52)48-32-21-22-34(46)35(26-32)49-40(54)38(39(53)43(4,5)6)51-28-47-42(50-51)58-27-29-16-18-30(19-17-29)41(55)56-13-3/h16-23,25-26,28,38H,11-15,24,27H2,1-10H3,(H,48,52)(H,49,54). The van der Waals surface area contributed by atoms with Crippen LogP contribution < -0.4 is 15.4 Å². The van der Waals surface area contributed by atoms with Crippen molar-refractivity contribution < 1.29 is 28.7 Å². The van der Waals surface area contributed by atoms with Crippen molar-refractivity contribution in [1.82, 2.24) is 14.8 Å².